The Morgan fingerprint density at radius 2 is 1.88 bits per heavy atom. The summed E-state index contributed by atoms with van der Waals surface area (Å²) in [6.07, 6.45) is -0.0629. The number of carbonyl (C=O) groups is 2. The fourth-order valence-electron chi connectivity index (χ4n) is 3.40. The smallest absolute Gasteiger partial charge is 0.422 e. The summed E-state index contributed by atoms with van der Waals surface area (Å²) >= 11 is 0. The molecule has 1 aliphatic heterocycles. The molecule has 2 N–H and O–H groups in total. The maximum Gasteiger partial charge on any atom is 0.422 e. The highest BCUT2D eigenvalue weighted by Gasteiger charge is 2.29. The molecule has 0 bridgehead atoms. The average molecular weight is 480 g/mol. The summed E-state index contributed by atoms with van der Waals surface area (Å²) in [4.78, 5) is 35.0. The third-order valence-corrected chi connectivity index (χ3v) is 5.21. The Morgan fingerprint density at radius 1 is 1.15 bits per heavy atom. The molecule has 184 valence electrons. The molecule has 3 heterocycles. The molecule has 2 amide bonds. The molecule has 1 fully saturated rings. The minimum absolute atomic E-state index is 0.118. The number of carbonyl (C=O) groups excluding carboxylic acids is 2. The van der Waals surface area contributed by atoms with Crippen LogP contribution in [0.15, 0.2) is 30.5 Å². The van der Waals surface area contributed by atoms with E-state index in [0.29, 0.717) is 16.9 Å². The molecule has 0 atom stereocenters. The number of pyridine rings is 2. The van der Waals surface area contributed by atoms with Crippen LogP contribution in [-0.2, 0) is 11.3 Å². The molecule has 8 nitrogen and oxygen atoms in total. The lowest BCUT2D eigenvalue weighted by Gasteiger charge is -2.29. The van der Waals surface area contributed by atoms with Crippen LogP contribution in [0.2, 0.25) is 0 Å². The average Bonchev–Trinajstić information content (AvgIpc) is 2.81. The number of alkyl halides is 3. The Balaban J connectivity index is 1.72. The van der Waals surface area contributed by atoms with Gasteiger partial charge in [0.15, 0.2) is 6.61 Å². The van der Waals surface area contributed by atoms with E-state index in [0.717, 1.165) is 32.4 Å². The SMILES string of the molecule is CC(C)C(=O)Nc1cc(C(=O)NCc2ccc(OCC(F)(F)F)nc2N2CCCCC2)ccn1. The van der Waals surface area contributed by atoms with E-state index >= 15 is 0 Å². The van der Waals surface area contributed by atoms with Crippen molar-refractivity contribution < 1.29 is 27.5 Å². The van der Waals surface area contributed by atoms with Crippen molar-refractivity contribution in [3.63, 3.8) is 0 Å². The molecule has 2 aromatic heterocycles. The van der Waals surface area contributed by atoms with E-state index in [1.807, 2.05) is 4.90 Å². The molecule has 3 rings (SSSR count). The zero-order valence-corrected chi connectivity index (χ0v) is 19.1. The summed E-state index contributed by atoms with van der Waals surface area (Å²) < 4.78 is 42.5. The number of nitrogens with one attached hydrogen (secondary N) is 2. The first kappa shape index (κ1) is 25.3. The Labute approximate surface area is 195 Å². The van der Waals surface area contributed by atoms with E-state index in [2.05, 4.69) is 20.6 Å². The fourth-order valence-corrected chi connectivity index (χ4v) is 3.40. The van der Waals surface area contributed by atoms with Gasteiger partial charge in [-0.3, -0.25) is 9.59 Å². The summed E-state index contributed by atoms with van der Waals surface area (Å²) in [5.74, 6) is -0.178. The van der Waals surface area contributed by atoms with Crippen LogP contribution in [0.25, 0.3) is 0 Å². The van der Waals surface area contributed by atoms with Gasteiger partial charge in [0.1, 0.15) is 11.6 Å². The molecule has 0 radical (unpaired) electrons. The van der Waals surface area contributed by atoms with Crippen LogP contribution in [0.5, 0.6) is 5.88 Å². The van der Waals surface area contributed by atoms with Gasteiger partial charge in [-0.25, -0.2) is 4.98 Å². The van der Waals surface area contributed by atoms with Crippen LogP contribution in [0.4, 0.5) is 24.8 Å². The van der Waals surface area contributed by atoms with E-state index in [-0.39, 0.29) is 36.0 Å². The molecular formula is C23H28F3N5O3. The number of hydrogen-bond acceptors (Lipinski definition) is 6. The Bertz CT molecular complexity index is 1010. The molecular weight excluding hydrogens is 451 g/mol. The van der Waals surface area contributed by atoms with Gasteiger partial charge in [0, 0.05) is 48.9 Å². The highest BCUT2D eigenvalue weighted by molar-refractivity contribution is 5.96. The van der Waals surface area contributed by atoms with E-state index in [1.165, 1.54) is 24.4 Å². The highest BCUT2D eigenvalue weighted by atomic mass is 19.4. The molecule has 1 saturated heterocycles. The maximum atomic E-state index is 12.7. The number of ether oxygens (including phenoxy) is 1. The van der Waals surface area contributed by atoms with Crippen molar-refractivity contribution in [3.8, 4) is 5.88 Å². The molecule has 0 aromatic carbocycles. The third-order valence-electron chi connectivity index (χ3n) is 5.21. The third kappa shape index (κ3) is 7.32. The van der Waals surface area contributed by atoms with Gasteiger partial charge in [0.05, 0.1) is 0 Å². The lowest BCUT2D eigenvalue weighted by atomic mass is 10.1. The van der Waals surface area contributed by atoms with Crippen LogP contribution < -0.4 is 20.3 Å². The first-order chi connectivity index (χ1) is 16.1. The monoisotopic (exact) mass is 479 g/mol. The molecule has 0 spiro atoms. The Morgan fingerprint density at radius 3 is 2.56 bits per heavy atom. The van der Waals surface area contributed by atoms with E-state index in [4.69, 9.17) is 4.74 Å². The predicted octanol–water partition coefficient (Wildman–Crippen LogP) is 3.93. The minimum atomic E-state index is -4.46. The summed E-state index contributed by atoms with van der Waals surface area (Å²) in [7, 11) is 0. The number of amides is 2. The van der Waals surface area contributed by atoms with Crippen molar-refractivity contribution in [2.75, 3.05) is 29.9 Å². The number of piperidine rings is 1. The Kier molecular flexibility index (Phi) is 8.30. The number of anilines is 2. The van der Waals surface area contributed by atoms with Gasteiger partial charge in [-0.1, -0.05) is 13.8 Å². The first-order valence-electron chi connectivity index (χ1n) is 11.1. The van der Waals surface area contributed by atoms with Crippen molar-refractivity contribution in [1.29, 1.82) is 0 Å². The largest absolute Gasteiger partial charge is 0.468 e. The number of rotatable bonds is 8. The van der Waals surface area contributed by atoms with E-state index in [1.54, 1.807) is 19.9 Å². The molecule has 34 heavy (non-hydrogen) atoms. The van der Waals surface area contributed by atoms with Gasteiger partial charge in [-0.05, 0) is 37.5 Å². The van der Waals surface area contributed by atoms with Crippen LogP contribution >= 0.6 is 0 Å². The van der Waals surface area contributed by atoms with Crippen LogP contribution in [0.1, 0.15) is 49.0 Å². The van der Waals surface area contributed by atoms with Crippen molar-refractivity contribution >= 4 is 23.5 Å². The molecule has 2 aromatic rings. The minimum Gasteiger partial charge on any atom is -0.468 e. The van der Waals surface area contributed by atoms with Gasteiger partial charge in [-0.2, -0.15) is 18.2 Å². The van der Waals surface area contributed by atoms with Crippen molar-refractivity contribution in [1.82, 2.24) is 15.3 Å². The Hall–Kier alpha value is -3.37. The molecule has 11 heteroatoms. The van der Waals surface area contributed by atoms with Crippen LogP contribution in [0, 0.1) is 5.92 Å². The molecule has 0 saturated carbocycles. The number of nitrogens with zero attached hydrogens (tertiary/aromatic N) is 3. The number of halogens is 3. The fraction of sp³-hybridized carbons (Fsp3) is 0.478. The van der Waals surface area contributed by atoms with Gasteiger partial charge >= 0.3 is 6.18 Å². The van der Waals surface area contributed by atoms with Crippen molar-refractivity contribution in [2.24, 2.45) is 5.92 Å². The first-order valence-corrected chi connectivity index (χ1v) is 11.1. The van der Waals surface area contributed by atoms with Gasteiger partial charge in [0.2, 0.25) is 11.8 Å². The predicted molar refractivity (Wildman–Crippen MR) is 121 cm³/mol. The lowest BCUT2D eigenvalue weighted by Crippen LogP contribution is -2.32. The number of hydrogen-bond donors (Lipinski definition) is 2. The second-order valence-corrected chi connectivity index (χ2v) is 8.34. The molecule has 1 aliphatic rings. The van der Waals surface area contributed by atoms with Gasteiger partial charge in [-0.15, -0.1) is 0 Å². The quantitative estimate of drug-likeness (QED) is 0.596. The lowest BCUT2D eigenvalue weighted by molar-refractivity contribution is -0.154. The van der Waals surface area contributed by atoms with Gasteiger partial charge < -0.3 is 20.3 Å². The second-order valence-electron chi connectivity index (χ2n) is 8.34. The van der Waals surface area contributed by atoms with Crippen LogP contribution in [-0.4, -0.2) is 47.7 Å². The number of aromatic nitrogens is 2. The van der Waals surface area contributed by atoms with Crippen LogP contribution in [0.3, 0.4) is 0 Å². The molecule has 0 aliphatic carbocycles. The van der Waals surface area contributed by atoms with Crippen molar-refractivity contribution in [3.05, 3.63) is 41.6 Å². The summed E-state index contributed by atoms with van der Waals surface area (Å²) in [6.45, 7) is 3.64. The highest BCUT2D eigenvalue weighted by Crippen LogP contribution is 2.26. The zero-order chi connectivity index (χ0) is 24.7. The zero-order valence-electron chi connectivity index (χ0n) is 19.1. The summed E-state index contributed by atoms with van der Waals surface area (Å²) in [5, 5.41) is 5.46. The topological polar surface area (TPSA) is 96.5 Å². The van der Waals surface area contributed by atoms with Gasteiger partial charge in [0.25, 0.3) is 5.91 Å². The normalized spacial score (nSPS) is 14.1. The van der Waals surface area contributed by atoms with Crippen molar-refractivity contribution in [2.45, 2.75) is 45.8 Å². The second kappa shape index (κ2) is 11.2. The summed E-state index contributed by atoms with van der Waals surface area (Å²) in [6, 6.07) is 5.99. The maximum absolute atomic E-state index is 12.7. The van der Waals surface area contributed by atoms with E-state index in [9.17, 15) is 22.8 Å². The summed E-state index contributed by atoms with van der Waals surface area (Å²) in [5.41, 5.74) is 0.976. The standard InChI is InChI=1S/C23H28F3N5O3/c1-15(2)21(32)29-18-12-16(8-9-27-18)22(33)28-13-17-6-7-19(34-14-23(24,25)26)30-20(17)31-10-4-3-5-11-31/h6-9,12,15H,3-5,10-11,13-14H2,1-2H3,(H,28,33)(H,27,29,32). The molecule has 0 unspecified atom stereocenters. The van der Waals surface area contributed by atoms with E-state index < -0.39 is 12.8 Å².